The second-order valence-corrected chi connectivity index (χ2v) is 4.28. The lowest BCUT2D eigenvalue weighted by atomic mass is 10.4. The Labute approximate surface area is 111 Å². The Balaban J connectivity index is 2.92. The summed E-state index contributed by atoms with van der Waals surface area (Å²) < 4.78 is 3.07. The van der Waals surface area contributed by atoms with Crippen molar-refractivity contribution in [2.75, 3.05) is 6.61 Å². The van der Waals surface area contributed by atoms with E-state index < -0.39 is 22.1 Å². The number of fused-ring (bicyclic) bond motifs is 1. The zero-order valence-electron chi connectivity index (χ0n) is 10.9. The Morgan fingerprint density at radius 2 is 1.95 bits per heavy atom. The van der Waals surface area contributed by atoms with Crippen LogP contribution in [0, 0.1) is 10.1 Å². The number of nitrogens with zero attached hydrogens (tertiary/aromatic N) is 5. The molecule has 108 valence electrons. The zero-order valence-corrected chi connectivity index (χ0v) is 10.9. The second-order valence-electron chi connectivity index (χ2n) is 4.28. The van der Waals surface area contributed by atoms with E-state index in [1.807, 2.05) is 0 Å². The van der Waals surface area contributed by atoms with Crippen molar-refractivity contribution in [2.45, 2.75) is 13.0 Å². The molecule has 10 nitrogen and oxygen atoms in total. The van der Waals surface area contributed by atoms with E-state index >= 15 is 0 Å². The van der Waals surface area contributed by atoms with Crippen LogP contribution in [0.25, 0.3) is 11.2 Å². The van der Waals surface area contributed by atoms with E-state index in [0.717, 1.165) is 13.7 Å². The van der Waals surface area contributed by atoms with Gasteiger partial charge in [-0.1, -0.05) is 0 Å². The monoisotopic (exact) mass is 283 g/mol. The highest BCUT2D eigenvalue weighted by atomic mass is 16.6. The third-order valence-corrected chi connectivity index (χ3v) is 3.04. The van der Waals surface area contributed by atoms with Crippen LogP contribution in [0.2, 0.25) is 0 Å². The van der Waals surface area contributed by atoms with Gasteiger partial charge in [0.25, 0.3) is 11.2 Å². The average Bonchev–Trinajstić information content (AvgIpc) is 2.74. The SMILES string of the molecule is Cn1c(=O)c2c(nc([N+](=O)[O-])n2C)n(CCCO)c1=O. The van der Waals surface area contributed by atoms with Crippen LogP contribution < -0.4 is 11.2 Å². The Morgan fingerprint density at radius 1 is 1.30 bits per heavy atom. The van der Waals surface area contributed by atoms with E-state index in [0.29, 0.717) is 0 Å². The van der Waals surface area contributed by atoms with Crippen LogP contribution in [-0.2, 0) is 20.6 Å². The van der Waals surface area contributed by atoms with E-state index in [2.05, 4.69) is 4.98 Å². The van der Waals surface area contributed by atoms with Crippen molar-refractivity contribution < 1.29 is 10.0 Å². The first-order chi connectivity index (χ1) is 9.40. The molecule has 2 rings (SSSR count). The van der Waals surface area contributed by atoms with Crippen molar-refractivity contribution >= 4 is 17.1 Å². The summed E-state index contributed by atoms with van der Waals surface area (Å²) in [5.41, 5.74) is -1.32. The number of aliphatic hydroxyl groups excluding tert-OH is 1. The fourth-order valence-corrected chi connectivity index (χ4v) is 2.01. The summed E-state index contributed by atoms with van der Waals surface area (Å²) in [6.45, 7) is -0.0280. The summed E-state index contributed by atoms with van der Waals surface area (Å²) in [5.74, 6) is -0.513. The highest BCUT2D eigenvalue weighted by Gasteiger charge is 2.26. The predicted molar refractivity (Wildman–Crippen MR) is 68.6 cm³/mol. The molecular weight excluding hydrogens is 270 g/mol. The van der Waals surface area contributed by atoms with E-state index in [-0.39, 0.29) is 30.7 Å². The summed E-state index contributed by atoms with van der Waals surface area (Å²) in [6, 6.07) is 0. The number of aryl methyl sites for hydroxylation is 2. The summed E-state index contributed by atoms with van der Waals surface area (Å²) >= 11 is 0. The van der Waals surface area contributed by atoms with Crippen molar-refractivity contribution in [3.05, 3.63) is 31.0 Å². The quantitative estimate of drug-likeness (QED) is 0.550. The minimum atomic E-state index is -0.722. The molecule has 0 fully saturated rings. The van der Waals surface area contributed by atoms with Gasteiger partial charge in [-0.15, -0.1) is 0 Å². The molecule has 10 heteroatoms. The fraction of sp³-hybridized carbons (Fsp3) is 0.500. The van der Waals surface area contributed by atoms with E-state index in [1.165, 1.54) is 14.1 Å². The molecule has 0 radical (unpaired) electrons. The van der Waals surface area contributed by atoms with Crippen molar-refractivity contribution in [3.8, 4) is 0 Å². The zero-order chi connectivity index (χ0) is 15.0. The molecule has 0 aromatic carbocycles. The Kier molecular flexibility index (Phi) is 3.40. The summed E-state index contributed by atoms with van der Waals surface area (Å²) in [7, 11) is 2.63. The minimum Gasteiger partial charge on any atom is -0.396 e. The molecule has 0 aliphatic carbocycles. The molecule has 2 aromatic rings. The fourth-order valence-electron chi connectivity index (χ4n) is 2.01. The minimum absolute atomic E-state index is 0.0169. The van der Waals surface area contributed by atoms with E-state index in [9.17, 15) is 19.7 Å². The topological polar surface area (TPSA) is 125 Å². The van der Waals surface area contributed by atoms with Crippen LogP contribution in [0.15, 0.2) is 9.59 Å². The van der Waals surface area contributed by atoms with Crippen LogP contribution in [-0.4, -0.2) is 35.3 Å². The predicted octanol–water partition coefficient (Wildman–Crippen LogP) is -1.28. The first-order valence-corrected chi connectivity index (χ1v) is 5.81. The lowest BCUT2D eigenvalue weighted by molar-refractivity contribution is -0.396. The molecule has 20 heavy (non-hydrogen) atoms. The number of rotatable bonds is 4. The van der Waals surface area contributed by atoms with Crippen LogP contribution >= 0.6 is 0 Å². The third-order valence-electron chi connectivity index (χ3n) is 3.04. The lowest BCUT2D eigenvalue weighted by Gasteiger charge is -2.05. The maximum Gasteiger partial charge on any atom is 0.437 e. The van der Waals surface area contributed by atoms with Gasteiger partial charge in [-0.05, 0) is 16.3 Å². The van der Waals surface area contributed by atoms with Crippen molar-refractivity contribution in [2.24, 2.45) is 14.1 Å². The van der Waals surface area contributed by atoms with Crippen molar-refractivity contribution in [1.82, 2.24) is 18.7 Å². The molecule has 0 saturated carbocycles. The second kappa shape index (κ2) is 4.89. The van der Waals surface area contributed by atoms with Crippen molar-refractivity contribution in [1.29, 1.82) is 0 Å². The maximum absolute atomic E-state index is 12.0. The van der Waals surface area contributed by atoms with Crippen LogP contribution in [0.1, 0.15) is 6.42 Å². The molecule has 1 N–H and O–H groups in total. The number of hydrogen-bond acceptors (Lipinski definition) is 6. The molecule has 0 amide bonds. The Bertz CT molecular complexity index is 799. The number of nitro groups is 1. The van der Waals surface area contributed by atoms with Gasteiger partial charge < -0.3 is 15.2 Å². The van der Waals surface area contributed by atoms with Crippen LogP contribution in [0.3, 0.4) is 0 Å². The summed E-state index contributed by atoms with van der Waals surface area (Å²) in [4.78, 5) is 38.0. The van der Waals surface area contributed by atoms with Gasteiger partial charge in [0.2, 0.25) is 5.52 Å². The number of hydrogen-bond donors (Lipinski definition) is 1. The van der Waals surface area contributed by atoms with E-state index in [1.54, 1.807) is 0 Å². The van der Waals surface area contributed by atoms with Crippen molar-refractivity contribution in [3.63, 3.8) is 0 Å². The smallest absolute Gasteiger partial charge is 0.396 e. The molecule has 0 saturated heterocycles. The first kappa shape index (κ1) is 13.9. The lowest BCUT2D eigenvalue weighted by Crippen LogP contribution is -2.38. The molecule has 0 bridgehead atoms. The normalized spacial score (nSPS) is 11.2. The van der Waals surface area contributed by atoms with Gasteiger partial charge in [0.05, 0.1) is 7.05 Å². The van der Waals surface area contributed by atoms with Gasteiger partial charge in [-0.2, -0.15) is 0 Å². The maximum atomic E-state index is 12.0. The summed E-state index contributed by atoms with van der Waals surface area (Å²) in [6.07, 6.45) is 0.275. The number of aliphatic hydroxyl groups is 1. The highest BCUT2D eigenvalue weighted by molar-refractivity contribution is 5.72. The highest BCUT2D eigenvalue weighted by Crippen LogP contribution is 2.15. The molecule has 2 heterocycles. The van der Waals surface area contributed by atoms with Gasteiger partial charge in [0.1, 0.15) is 0 Å². The number of imidazole rings is 1. The van der Waals surface area contributed by atoms with Gasteiger partial charge in [0, 0.05) is 20.2 Å². The Hall–Kier alpha value is -2.49. The molecule has 0 spiro atoms. The number of aromatic nitrogens is 4. The molecular formula is C10H13N5O5. The van der Waals surface area contributed by atoms with Gasteiger partial charge >= 0.3 is 11.6 Å². The average molecular weight is 283 g/mol. The van der Waals surface area contributed by atoms with Crippen LogP contribution in [0.5, 0.6) is 0 Å². The molecule has 0 aliphatic heterocycles. The molecule has 0 unspecified atom stereocenters. The largest absolute Gasteiger partial charge is 0.437 e. The molecule has 0 atom stereocenters. The van der Waals surface area contributed by atoms with Gasteiger partial charge in [-0.3, -0.25) is 13.9 Å². The van der Waals surface area contributed by atoms with E-state index in [4.69, 9.17) is 5.11 Å². The van der Waals surface area contributed by atoms with Gasteiger partial charge in [-0.25, -0.2) is 9.36 Å². The molecule has 2 aromatic heterocycles. The summed E-state index contributed by atoms with van der Waals surface area (Å²) in [5, 5.41) is 19.7. The first-order valence-electron chi connectivity index (χ1n) is 5.81. The van der Waals surface area contributed by atoms with Gasteiger partial charge in [0.15, 0.2) is 0 Å². The Morgan fingerprint density at radius 3 is 2.50 bits per heavy atom. The standard InChI is InChI=1S/C10H13N5O5/c1-12-6-7(11-9(12)15(19)20)14(4-3-5-16)10(18)13(2)8(6)17/h16H,3-5H2,1-2H3. The van der Waals surface area contributed by atoms with Crippen LogP contribution in [0.4, 0.5) is 5.95 Å². The third kappa shape index (κ3) is 1.90. The molecule has 0 aliphatic rings.